The van der Waals surface area contributed by atoms with Gasteiger partial charge in [0.15, 0.2) is 5.69 Å². The first kappa shape index (κ1) is 16.5. The van der Waals surface area contributed by atoms with Crippen LogP contribution in [0.5, 0.6) is 5.75 Å². The molecule has 0 unspecified atom stereocenters. The summed E-state index contributed by atoms with van der Waals surface area (Å²) in [6.45, 7) is 6.16. The number of aromatic carboxylic acids is 1. The summed E-state index contributed by atoms with van der Waals surface area (Å²) in [5, 5.41) is 13.2. The Hall–Kier alpha value is -1.82. The molecule has 0 spiro atoms. The van der Waals surface area contributed by atoms with Crippen LogP contribution < -0.4 is 4.74 Å². The van der Waals surface area contributed by atoms with E-state index >= 15 is 0 Å². The second-order valence-electron chi connectivity index (χ2n) is 5.48. The van der Waals surface area contributed by atoms with Gasteiger partial charge in [0.2, 0.25) is 0 Å². The molecule has 118 valence electrons. The third-order valence-electron chi connectivity index (χ3n) is 3.69. The molecule has 0 bridgehead atoms. The Morgan fingerprint density at radius 3 is 2.50 bits per heavy atom. The maximum atomic E-state index is 11.2. The van der Waals surface area contributed by atoms with Crippen LogP contribution >= 0.6 is 15.9 Å². The number of halogens is 1. The SMILES string of the molecule is COc1c(C(C)C)cc(Br)c(C)c1-c1cc(C(=O)O)nn1C. The Morgan fingerprint density at radius 2 is 2.05 bits per heavy atom. The average molecular weight is 367 g/mol. The fourth-order valence-corrected chi connectivity index (χ4v) is 2.95. The smallest absolute Gasteiger partial charge is 0.356 e. The molecule has 0 radical (unpaired) electrons. The predicted molar refractivity (Wildman–Crippen MR) is 88.7 cm³/mol. The number of hydrogen-bond donors (Lipinski definition) is 1. The zero-order chi connectivity index (χ0) is 16.6. The molecule has 0 saturated heterocycles. The van der Waals surface area contributed by atoms with E-state index in [1.165, 1.54) is 0 Å². The molecule has 6 heteroatoms. The van der Waals surface area contributed by atoms with Crippen LogP contribution in [0.2, 0.25) is 0 Å². The van der Waals surface area contributed by atoms with Gasteiger partial charge in [-0.25, -0.2) is 4.79 Å². The van der Waals surface area contributed by atoms with E-state index in [0.29, 0.717) is 0 Å². The number of aryl methyl sites for hydroxylation is 1. The molecule has 1 aromatic heterocycles. The van der Waals surface area contributed by atoms with Crippen molar-refractivity contribution in [3.8, 4) is 17.0 Å². The molecule has 1 N–H and O–H groups in total. The lowest BCUT2D eigenvalue weighted by Gasteiger charge is -2.19. The van der Waals surface area contributed by atoms with Crippen LogP contribution in [0.15, 0.2) is 16.6 Å². The Labute approximate surface area is 138 Å². The van der Waals surface area contributed by atoms with Crippen LogP contribution in [0.4, 0.5) is 0 Å². The highest BCUT2D eigenvalue weighted by atomic mass is 79.9. The van der Waals surface area contributed by atoms with Gasteiger partial charge in [-0.1, -0.05) is 29.8 Å². The molecule has 0 aliphatic heterocycles. The van der Waals surface area contributed by atoms with Crippen molar-refractivity contribution in [3.05, 3.63) is 33.4 Å². The zero-order valence-electron chi connectivity index (χ0n) is 13.3. The van der Waals surface area contributed by atoms with E-state index in [0.717, 1.165) is 32.6 Å². The number of carboxylic acids is 1. The molecular formula is C16H19BrN2O3. The van der Waals surface area contributed by atoms with Gasteiger partial charge in [-0.2, -0.15) is 5.10 Å². The summed E-state index contributed by atoms with van der Waals surface area (Å²) < 4.78 is 8.18. The van der Waals surface area contributed by atoms with Crippen LogP contribution in [0.1, 0.15) is 41.4 Å². The van der Waals surface area contributed by atoms with Crippen molar-refractivity contribution < 1.29 is 14.6 Å². The van der Waals surface area contributed by atoms with Crippen LogP contribution in [0.3, 0.4) is 0 Å². The number of nitrogens with zero attached hydrogens (tertiary/aromatic N) is 2. The van der Waals surface area contributed by atoms with Crippen molar-refractivity contribution in [2.45, 2.75) is 26.7 Å². The number of carboxylic acid groups (broad SMARTS) is 1. The molecule has 0 aliphatic rings. The number of hydrogen-bond acceptors (Lipinski definition) is 3. The molecule has 0 saturated carbocycles. The molecule has 0 amide bonds. The Morgan fingerprint density at radius 1 is 1.41 bits per heavy atom. The second-order valence-corrected chi connectivity index (χ2v) is 6.33. The molecule has 2 rings (SSSR count). The Bertz CT molecular complexity index is 735. The van der Waals surface area contributed by atoms with Gasteiger partial charge in [0, 0.05) is 17.1 Å². The molecule has 1 heterocycles. The topological polar surface area (TPSA) is 64.3 Å². The van der Waals surface area contributed by atoms with E-state index in [9.17, 15) is 4.79 Å². The molecule has 1 aromatic carbocycles. The molecule has 0 aliphatic carbocycles. The lowest BCUT2D eigenvalue weighted by atomic mass is 9.94. The number of methoxy groups -OCH3 is 1. The lowest BCUT2D eigenvalue weighted by molar-refractivity contribution is 0.0689. The van der Waals surface area contributed by atoms with Gasteiger partial charge in [0.25, 0.3) is 0 Å². The number of benzene rings is 1. The summed E-state index contributed by atoms with van der Waals surface area (Å²) in [7, 11) is 3.36. The van der Waals surface area contributed by atoms with Gasteiger partial charge >= 0.3 is 5.97 Å². The van der Waals surface area contributed by atoms with Crippen molar-refractivity contribution in [2.24, 2.45) is 7.05 Å². The zero-order valence-corrected chi connectivity index (χ0v) is 14.9. The van der Waals surface area contributed by atoms with E-state index < -0.39 is 5.97 Å². The molecule has 0 fully saturated rings. The first-order valence-corrected chi connectivity index (χ1v) is 7.71. The number of rotatable bonds is 4. The van der Waals surface area contributed by atoms with Gasteiger partial charge < -0.3 is 9.84 Å². The summed E-state index contributed by atoms with van der Waals surface area (Å²) >= 11 is 3.58. The first-order valence-electron chi connectivity index (χ1n) is 6.92. The van der Waals surface area contributed by atoms with E-state index in [2.05, 4.69) is 40.9 Å². The lowest BCUT2D eigenvalue weighted by Crippen LogP contribution is -2.03. The van der Waals surface area contributed by atoms with Crippen LogP contribution in [-0.2, 0) is 7.05 Å². The summed E-state index contributed by atoms with van der Waals surface area (Å²) in [5.41, 5.74) is 3.65. The van der Waals surface area contributed by atoms with Crippen molar-refractivity contribution in [3.63, 3.8) is 0 Å². The monoisotopic (exact) mass is 366 g/mol. The Kier molecular flexibility index (Phi) is 4.60. The minimum atomic E-state index is -1.04. The van der Waals surface area contributed by atoms with Crippen LogP contribution in [0.25, 0.3) is 11.3 Å². The minimum Gasteiger partial charge on any atom is -0.496 e. The van der Waals surface area contributed by atoms with E-state index in [1.54, 1.807) is 24.9 Å². The number of aromatic nitrogens is 2. The van der Waals surface area contributed by atoms with Gasteiger partial charge in [-0.15, -0.1) is 0 Å². The van der Waals surface area contributed by atoms with E-state index in [4.69, 9.17) is 9.84 Å². The summed E-state index contributed by atoms with van der Waals surface area (Å²) in [5.74, 6) is -0.00837. The molecule has 2 aromatic rings. The molecule has 0 atom stereocenters. The van der Waals surface area contributed by atoms with Gasteiger partial charge in [0.05, 0.1) is 12.8 Å². The summed E-state index contributed by atoms with van der Waals surface area (Å²) in [6.07, 6.45) is 0. The van der Waals surface area contributed by atoms with E-state index in [1.807, 2.05) is 6.92 Å². The van der Waals surface area contributed by atoms with Crippen molar-refractivity contribution in [1.29, 1.82) is 0 Å². The quantitative estimate of drug-likeness (QED) is 0.888. The highest BCUT2D eigenvalue weighted by Gasteiger charge is 2.22. The van der Waals surface area contributed by atoms with Crippen molar-refractivity contribution >= 4 is 21.9 Å². The first-order chi connectivity index (χ1) is 10.3. The number of ether oxygens (including phenoxy) is 1. The van der Waals surface area contributed by atoms with Gasteiger partial charge in [-0.05, 0) is 36.1 Å². The van der Waals surface area contributed by atoms with Crippen LogP contribution in [0, 0.1) is 6.92 Å². The standard InChI is InChI=1S/C16H19BrN2O3/c1-8(2)10-6-11(17)9(3)14(15(10)22-5)13-7-12(16(20)21)18-19(13)4/h6-8H,1-5H3,(H,20,21). The fraction of sp³-hybridized carbons (Fsp3) is 0.375. The molecular weight excluding hydrogens is 348 g/mol. The maximum absolute atomic E-state index is 11.2. The highest BCUT2D eigenvalue weighted by Crippen LogP contribution is 2.42. The van der Waals surface area contributed by atoms with Crippen molar-refractivity contribution in [2.75, 3.05) is 7.11 Å². The maximum Gasteiger partial charge on any atom is 0.356 e. The third-order valence-corrected chi connectivity index (χ3v) is 4.51. The summed E-state index contributed by atoms with van der Waals surface area (Å²) in [4.78, 5) is 11.2. The third kappa shape index (κ3) is 2.75. The number of carbonyl (C=O) groups is 1. The van der Waals surface area contributed by atoms with Gasteiger partial charge in [0.1, 0.15) is 5.75 Å². The van der Waals surface area contributed by atoms with E-state index in [-0.39, 0.29) is 11.6 Å². The predicted octanol–water partition coefficient (Wildman–Crippen LogP) is 3.99. The summed E-state index contributed by atoms with van der Waals surface area (Å²) in [6, 6.07) is 3.63. The highest BCUT2D eigenvalue weighted by molar-refractivity contribution is 9.10. The van der Waals surface area contributed by atoms with Gasteiger partial charge in [-0.3, -0.25) is 4.68 Å². The second kappa shape index (κ2) is 6.12. The minimum absolute atomic E-state index is 0.0185. The fourth-order valence-electron chi connectivity index (χ4n) is 2.51. The normalized spacial score (nSPS) is 11.0. The largest absolute Gasteiger partial charge is 0.496 e. The van der Waals surface area contributed by atoms with Crippen LogP contribution in [-0.4, -0.2) is 28.0 Å². The molecule has 22 heavy (non-hydrogen) atoms. The van der Waals surface area contributed by atoms with Crippen molar-refractivity contribution in [1.82, 2.24) is 9.78 Å². The molecule has 5 nitrogen and oxygen atoms in total. The average Bonchev–Trinajstić information content (AvgIpc) is 2.83. The Balaban J connectivity index is 2.81.